The van der Waals surface area contributed by atoms with E-state index < -0.39 is 4.92 Å². The third kappa shape index (κ3) is 2.28. The second-order valence-corrected chi connectivity index (χ2v) is 3.41. The van der Waals surface area contributed by atoms with Crippen molar-refractivity contribution in [2.45, 2.75) is 0 Å². The van der Waals surface area contributed by atoms with Gasteiger partial charge in [0.1, 0.15) is 0 Å². The molecule has 2 rings (SSSR count). The normalized spacial score (nSPS) is 10.7. The smallest absolute Gasteiger partial charge is 0.270 e. The summed E-state index contributed by atoms with van der Waals surface area (Å²) in [6.07, 6.45) is 3.32. The van der Waals surface area contributed by atoms with Gasteiger partial charge in [-0.1, -0.05) is 11.2 Å². The van der Waals surface area contributed by atoms with E-state index in [1.807, 2.05) is 0 Å². The summed E-state index contributed by atoms with van der Waals surface area (Å²) in [6, 6.07) is 4.43. The minimum Gasteiger partial charge on any atom is -0.277 e. The number of azide groups is 1. The second kappa shape index (κ2) is 4.98. The topological polar surface area (TPSA) is 121 Å². The Morgan fingerprint density at radius 1 is 1.61 bits per heavy atom. The van der Waals surface area contributed by atoms with Gasteiger partial charge in [-0.25, -0.2) is 0 Å². The number of nitro groups is 1. The van der Waals surface area contributed by atoms with Gasteiger partial charge in [0, 0.05) is 29.0 Å². The molecule has 1 aromatic heterocycles. The summed E-state index contributed by atoms with van der Waals surface area (Å²) < 4.78 is 0. The third-order valence-corrected chi connectivity index (χ3v) is 2.31. The molecule has 1 N–H and O–H groups in total. The summed E-state index contributed by atoms with van der Waals surface area (Å²) in [4.78, 5) is 12.8. The molecule has 0 spiro atoms. The number of hydrogen-bond acceptors (Lipinski definition) is 4. The van der Waals surface area contributed by atoms with Crippen LogP contribution in [0.5, 0.6) is 0 Å². The van der Waals surface area contributed by atoms with Gasteiger partial charge in [-0.05, 0) is 17.7 Å². The molecule has 8 heteroatoms. The lowest BCUT2D eigenvalue weighted by atomic mass is 10.2. The van der Waals surface area contributed by atoms with Crippen molar-refractivity contribution in [2.24, 2.45) is 5.11 Å². The van der Waals surface area contributed by atoms with E-state index in [1.54, 1.807) is 18.2 Å². The third-order valence-electron chi connectivity index (χ3n) is 2.31. The van der Waals surface area contributed by atoms with Gasteiger partial charge in [0.25, 0.3) is 5.69 Å². The SMILES string of the molecule is [N-]=[N+]=NCC=Cc1[nH]nc2ccc([N+](=O)[O-])cc12. The van der Waals surface area contributed by atoms with Crippen LogP contribution in [-0.2, 0) is 0 Å². The highest BCUT2D eigenvalue weighted by Gasteiger charge is 2.09. The predicted molar refractivity (Wildman–Crippen MR) is 65.8 cm³/mol. The van der Waals surface area contributed by atoms with E-state index in [9.17, 15) is 10.1 Å². The Balaban J connectivity index is 2.39. The molecule has 0 bridgehead atoms. The zero-order valence-corrected chi connectivity index (χ0v) is 9.15. The van der Waals surface area contributed by atoms with E-state index >= 15 is 0 Å². The summed E-state index contributed by atoms with van der Waals surface area (Å²) in [7, 11) is 0. The summed E-state index contributed by atoms with van der Waals surface area (Å²) in [6.45, 7) is 0.214. The van der Waals surface area contributed by atoms with E-state index in [1.165, 1.54) is 12.1 Å². The fourth-order valence-corrected chi connectivity index (χ4v) is 1.51. The lowest BCUT2D eigenvalue weighted by Crippen LogP contribution is -1.86. The first-order chi connectivity index (χ1) is 8.72. The largest absolute Gasteiger partial charge is 0.277 e. The molecule has 0 aliphatic heterocycles. The number of fused-ring (bicyclic) bond motifs is 1. The van der Waals surface area contributed by atoms with Crippen LogP contribution in [0.4, 0.5) is 5.69 Å². The number of hydrogen-bond donors (Lipinski definition) is 1. The predicted octanol–water partition coefficient (Wildman–Crippen LogP) is 2.79. The van der Waals surface area contributed by atoms with Crippen LogP contribution in [0.2, 0.25) is 0 Å². The molecule has 0 radical (unpaired) electrons. The van der Waals surface area contributed by atoms with Gasteiger partial charge in [0.05, 0.1) is 16.1 Å². The Hall–Kier alpha value is -2.86. The van der Waals surface area contributed by atoms with Crippen LogP contribution >= 0.6 is 0 Å². The first-order valence-corrected chi connectivity index (χ1v) is 5.02. The number of non-ortho nitro benzene ring substituents is 1. The maximum absolute atomic E-state index is 10.7. The van der Waals surface area contributed by atoms with E-state index in [0.29, 0.717) is 16.6 Å². The highest BCUT2D eigenvalue weighted by Crippen LogP contribution is 2.22. The van der Waals surface area contributed by atoms with Crippen LogP contribution in [0.15, 0.2) is 29.4 Å². The van der Waals surface area contributed by atoms with Gasteiger partial charge in [-0.15, -0.1) is 0 Å². The maximum Gasteiger partial charge on any atom is 0.270 e. The number of H-pyrrole nitrogens is 1. The minimum absolute atomic E-state index is 0.00796. The monoisotopic (exact) mass is 244 g/mol. The molecule has 0 saturated carbocycles. The van der Waals surface area contributed by atoms with Crippen LogP contribution in [0.1, 0.15) is 5.69 Å². The van der Waals surface area contributed by atoms with E-state index in [2.05, 4.69) is 20.2 Å². The zero-order valence-electron chi connectivity index (χ0n) is 9.15. The molecule has 0 fully saturated rings. The standard InChI is InChI=1S/C10H8N6O2/c11-15-12-5-1-2-9-8-6-7(16(17)18)3-4-10(8)14-13-9/h1-4,6H,5H2,(H,13,14). The highest BCUT2D eigenvalue weighted by molar-refractivity contribution is 5.88. The zero-order chi connectivity index (χ0) is 13.0. The van der Waals surface area contributed by atoms with E-state index in [0.717, 1.165) is 0 Å². The summed E-state index contributed by atoms with van der Waals surface area (Å²) in [5.74, 6) is 0. The molecular formula is C10H8N6O2. The molecular weight excluding hydrogens is 236 g/mol. The molecule has 1 heterocycles. The molecule has 0 unspecified atom stereocenters. The van der Waals surface area contributed by atoms with Gasteiger partial charge in [0.2, 0.25) is 0 Å². The minimum atomic E-state index is -0.458. The molecule has 8 nitrogen and oxygen atoms in total. The van der Waals surface area contributed by atoms with Crippen molar-refractivity contribution in [3.8, 4) is 0 Å². The van der Waals surface area contributed by atoms with Crippen LogP contribution in [0.3, 0.4) is 0 Å². The van der Waals surface area contributed by atoms with Crippen molar-refractivity contribution in [3.05, 3.63) is 50.5 Å². The molecule has 90 valence electrons. The first kappa shape index (κ1) is 11.6. The summed E-state index contributed by atoms with van der Waals surface area (Å²) >= 11 is 0. The number of nitro benzene ring substituents is 1. The van der Waals surface area contributed by atoms with Gasteiger partial charge >= 0.3 is 0 Å². The average molecular weight is 244 g/mol. The van der Waals surface area contributed by atoms with Crippen molar-refractivity contribution in [1.82, 2.24) is 10.2 Å². The lowest BCUT2D eigenvalue weighted by Gasteiger charge is -1.92. The van der Waals surface area contributed by atoms with E-state index in [-0.39, 0.29) is 12.2 Å². The van der Waals surface area contributed by atoms with Crippen molar-refractivity contribution in [1.29, 1.82) is 0 Å². The lowest BCUT2D eigenvalue weighted by molar-refractivity contribution is -0.384. The molecule has 2 aromatic rings. The van der Waals surface area contributed by atoms with Crippen LogP contribution in [-0.4, -0.2) is 21.7 Å². The Morgan fingerprint density at radius 2 is 2.44 bits per heavy atom. The average Bonchev–Trinajstić information content (AvgIpc) is 2.77. The second-order valence-electron chi connectivity index (χ2n) is 3.41. The van der Waals surface area contributed by atoms with Crippen LogP contribution in [0.25, 0.3) is 27.4 Å². The highest BCUT2D eigenvalue weighted by atomic mass is 16.6. The number of aromatic nitrogens is 2. The molecule has 0 saturated heterocycles. The van der Waals surface area contributed by atoms with Gasteiger partial charge in [-0.3, -0.25) is 15.2 Å². The molecule has 18 heavy (non-hydrogen) atoms. The number of rotatable bonds is 4. The Morgan fingerprint density at radius 3 is 3.17 bits per heavy atom. The Bertz CT molecular complexity index is 668. The van der Waals surface area contributed by atoms with Gasteiger partial charge in [0.15, 0.2) is 0 Å². The van der Waals surface area contributed by atoms with Crippen LogP contribution in [0, 0.1) is 10.1 Å². The quantitative estimate of drug-likeness (QED) is 0.292. The number of benzene rings is 1. The molecule has 0 aliphatic rings. The first-order valence-electron chi connectivity index (χ1n) is 5.02. The molecule has 1 aromatic carbocycles. The van der Waals surface area contributed by atoms with Crippen molar-refractivity contribution in [2.75, 3.05) is 6.54 Å². The van der Waals surface area contributed by atoms with Crippen molar-refractivity contribution >= 4 is 22.7 Å². The number of nitrogens with zero attached hydrogens (tertiary/aromatic N) is 5. The number of nitrogens with one attached hydrogen (secondary N) is 1. The molecule has 0 atom stereocenters. The van der Waals surface area contributed by atoms with Crippen molar-refractivity contribution < 1.29 is 4.92 Å². The maximum atomic E-state index is 10.7. The fourth-order valence-electron chi connectivity index (χ4n) is 1.51. The Kier molecular flexibility index (Phi) is 3.22. The van der Waals surface area contributed by atoms with Crippen molar-refractivity contribution in [3.63, 3.8) is 0 Å². The summed E-state index contributed by atoms with van der Waals surface area (Å²) in [5, 5.41) is 21.5. The van der Waals surface area contributed by atoms with Crippen LogP contribution < -0.4 is 0 Å². The molecule has 0 amide bonds. The fraction of sp³-hybridized carbons (Fsp3) is 0.100. The number of aromatic amines is 1. The van der Waals surface area contributed by atoms with E-state index in [4.69, 9.17) is 5.53 Å². The molecule has 0 aliphatic carbocycles. The van der Waals surface area contributed by atoms with Gasteiger partial charge in [-0.2, -0.15) is 5.10 Å². The van der Waals surface area contributed by atoms with Gasteiger partial charge < -0.3 is 0 Å². The summed E-state index contributed by atoms with van der Waals surface area (Å²) in [5.41, 5.74) is 9.41. The Labute approximate surface area is 101 Å².